The SMILES string of the molecule is C=CCn1c(SCC(=O)Nc2nc(-c3ccc(C)c(C)c3)cs2)nnc1-c1cc(Cl)ccc1OC. The highest BCUT2D eigenvalue weighted by Gasteiger charge is 2.19. The Bertz CT molecular complexity index is 1380. The number of hydrogen-bond acceptors (Lipinski definition) is 7. The fraction of sp³-hybridized carbons (Fsp3) is 0.200. The fourth-order valence-electron chi connectivity index (χ4n) is 3.39. The molecule has 2 aromatic heterocycles. The maximum Gasteiger partial charge on any atom is 0.236 e. The number of halogens is 1. The maximum absolute atomic E-state index is 12.6. The monoisotopic (exact) mass is 525 g/mol. The molecule has 180 valence electrons. The maximum atomic E-state index is 12.6. The minimum absolute atomic E-state index is 0.153. The lowest BCUT2D eigenvalue weighted by Crippen LogP contribution is -2.14. The number of amides is 1. The molecule has 35 heavy (non-hydrogen) atoms. The Hall–Kier alpha value is -3.14. The van der Waals surface area contributed by atoms with Gasteiger partial charge >= 0.3 is 0 Å². The molecule has 1 amide bonds. The van der Waals surface area contributed by atoms with Gasteiger partial charge < -0.3 is 10.1 Å². The molecule has 4 rings (SSSR count). The van der Waals surface area contributed by atoms with E-state index in [1.54, 1.807) is 31.4 Å². The van der Waals surface area contributed by atoms with Crippen molar-refractivity contribution in [3.63, 3.8) is 0 Å². The normalized spacial score (nSPS) is 10.9. The van der Waals surface area contributed by atoms with Crippen LogP contribution in [0.2, 0.25) is 5.02 Å². The Balaban J connectivity index is 1.46. The smallest absolute Gasteiger partial charge is 0.236 e. The molecular formula is C25H24ClN5O2S2. The quantitative estimate of drug-likeness (QED) is 0.205. The first-order valence-corrected chi connectivity index (χ1v) is 13.0. The molecule has 0 saturated carbocycles. The van der Waals surface area contributed by atoms with Crippen molar-refractivity contribution >= 4 is 45.7 Å². The summed E-state index contributed by atoms with van der Waals surface area (Å²) in [5.41, 5.74) is 5.02. The van der Waals surface area contributed by atoms with Crippen LogP contribution < -0.4 is 10.1 Å². The molecule has 7 nitrogen and oxygen atoms in total. The van der Waals surface area contributed by atoms with Gasteiger partial charge in [-0.15, -0.1) is 28.1 Å². The zero-order valence-corrected chi connectivity index (χ0v) is 21.9. The van der Waals surface area contributed by atoms with Crippen LogP contribution in [-0.2, 0) is 11.3 Å². The number of carbonyl (C=O) groups excluding carboxylic acids is 1. The number of allylic oxidation sites excluding steroid dienone is 1. The largest absolute Gasteiger partial charge is 0.496 e. The average Bonchev–Trinajstić information content (AvgIpc) is 3.47. The summed E-state index contributed by atoms with van der Waals surface area (Å²) < 4.78 is 7.34. The molecule has 0 aliphatic carbocycles. The van der Waals surface area contributed by atoms with Crippen LogP contribution in [0.15, 0.2) is 59.6 Å². The molecule has 0 bridgehead atoms. The van der Waals surface area contributed by atoms with Crippen LogP contribution in [0.4, 0.5) is 5.13 Å². The van der Waals surface area contributed by atoms with E-state index in [0.717, 1.165) is 11.3 Å². The fourth-order valence-corrected chi connectivity index (χ4v) is 5.05. The first-order valence-electron chi connectivity index (χ1n) is 10.7. The van der Waals surface area contributed by atoms with Crippen molar-refractivity contribution in [1.29, 1.82) is 0 Å². The highest BCUT2D eigenvalue weighted by Crippen LogP contribution is 2.33. The number of thioether (sulfide) groups is 1. The number of carbonyl (C=O) groups is 1. The standard InChI is InChI=1S/C25H24ClN5O2S2/c1-5-10-31-23(19-12-18(26)8-9-21(19)33-4)29-30-25(31)35-14-22(32)28-24-27-20(13-34-24)17-7-6-15(2)16(3)11-17/h5-9,11-13H,1,10,14H2,2-4H3,(H,27,28,32). The molecule has 4 aromatic rings. The van der Waals surface area contributed by atoms with Gasteiger partial charge in [-0.05, 0) is 49.2 Å². The Kier molecular flexibility index (Phi) is 7.90. The molecule has 0 radical (unpaired) electrons. The van der Waals surface area contributed by atoms with Crippen molar-refractivity contribution in [3.05, 3.63) is 70.6 Å². The van der Waals surface area contributed by atoms with E-state index in [4.69, 9.17) is 16.3 Å². The summed E-state index contributed by atoms with van der Waals surface area (Å²) in [6.07, 6.45) is 1.75. The summed E-state index contributed by atoms with van der Waals surface area (Å²) in [6.45, 7) is 8.45. The van der Waals surface area contributed by atoms with Gasteiger partial charge in [0.2, 0.25) is 5.91 Å². The van der Waals surface area contributed by atoms with E-state index >= 15 is 0 Å². The van der Waals surface area contributed by atoms with E-state index < -0.39 is 0 Å². The van der Waals surface area contributed by atoms with Gasteiger partial charge in [-0.1, -0.05) is 41.6 Å². The van der Waals surface area contributed by atoms with Gasteiger partial charge in [0.05, 0.1) is 24.1 Å². The Morgan fingerprint density at radius 1 is 1.23 bits per heavy atom. The number of aromatic nitrogens is 4. The second-order valence-electron chi connectivity index (χ2n) is 7.72. The number of aryl methyl sites for hydroxylation is 2. The zero-order chi connectivity index (χ0) is 24.9. The summed E-state index contributed by atoms with van der Waals surface area (Å²) >= 11 is 8.88. The van der Waals surface area contributed by atoms with E-state index in [9.17, 15) is 4.79 Å². The zero-order valence-electron chi connectivity index (χ0n) is 19.5. The van der Waals surface area contributed by atoms with Crippen molar-refractivity contribution in [2.45, 2.75) is 25.5 Å². The summed E-state index contributed by atoms with van der Waals surface area (Å²) in [7, 11) is 1.59. The van der Waals surface area contributed by atoms with E-state index in [0.29, 0.717) is 39.0 Å². The van der Waals surface area contributed by atoms with Gasteiger partial charge in [0.25, 0.3) is 0 Å². The third kappa shape index (κ3) is 5.75. The molecule has 0 atom stereocenters. The van der Waals surface area contributed by atoms with Crippen LogP contribution in [0.25, 0.3) is 22.6 Å². The predicted octanol–water partition coefficient (Wildman–Crippen LogP) is 6.26. The number of thiazole rings is 1. The number of methoxy groups -OCH3 is 1. The van der Waals surface area contributed by atoms with Crippen molar-refractivity contribution in [2.24, 2.45) is 0 Å². The third-order valence-electron chi connectivity index (χ3n) is 5.32. The van der Waals surface area contributed by atoms with Crippen LogP contribution in [0.3, 0.4) is 0 Å². The molecule has 1 N–H and O–H groups in total. The van der Waals surface area contributed by atoms with Crippen LogP contribution in [0.5, 0.6) is 5.75 Å². The number of rotatable bonds is 9. The Morgan fingerprint density at radius 3 is 2.80 bits per heavy atom. The van der Waals surface area contributed by atoms with Crippen molar-refractivity contribution in [2.75, 3.05) is 18.2 Å². The second-order valence-corrected chi connectivity index (χ2v) is 9.96. The van der Waals surface area contributed by atoms with Gasteiger partial charge in [0.15, 0.2) is 16.1 Å². The molecule has 0 spiro atoms. The van der Waals surface area contributed by atoms with E-state index in [-0.39, 0.29) is 11.7 Å². The summed E-state index contributed by atoms with van der Waals surface area (Å²) in [6, 6.07) is 11.5. The molecular weight excluding hydrogens is 502 g/mol. The highest BCUT2D eigenvalue weighted by atomic mass is 35.5. The number of ether oxygens (including phenoxy) is 1. The van der Waals surface area contributed by atoms with E-state index in [2.05, 4.69) is 53.1 Å². The summed E-state index contributed by atoms with van der Waals surface area (Å²) in [4.78, 5) is 17.2. The van der Waals surface area contributed by atoms with Crippen LogP contribution >= 0.6 is 34.7 Å². The lowest BCUT2D eigenvalue weighted by atomic mass is 10.1. The molecule has 0 aliphatic heterocycles. The van der Waals surface area contributed by atoms with Gasteiger partial charge in [0.1, 0.15) is 5.75 Å². The molecule has 0 saturated heterocycles. The minimum atomic E-state index is -0.175. The number of nitrogens with zero attached hydrogens (tertiary/aromatic N) is 4. The van der Waals surface area contributed by atoms with Gasteiger partial charge in [-0.25, -0.2) is 4.98 Å². The number of benzene rings is 2. The number of hydrogen-bond donors (Lipinski definition) is 1. The lowest BCUT2D eigenvalue weighted by molar-refractivity contribution is -0.113. The molecule has 2 heterocycles. The van der Waals surface area contributed by atoms with E-state index in [1.165, 1.54) is 34.2 Å². The predicted molar refractivity (Wildman–Crippen MR) is 144 cm³/mol. The van der Waals surface area contributed by atoms with Gasteiger partial charge in [-0.3, -0.25) is 9.36 Å². The molecule has 10 heteroatoms. The van der Waals surface area contributed by atoms with Crippen molar-refractivity contribution < 1.29 is 9.53 Å². The highest BCUT2D eigenvalue weighted by molar-refractivity contribution is 7.99. The first-order chi connectivity index (χ1) is 16.9. The number of anilines is 1. The molecule has 0 unspecified atom stereocenters. The molecule has 0 aliphatic rings. The van der Waals surface area contributed by atoms with E-state index in [1.807, 2.05) is 16.0 Å². The lowest BCUT2D eigenvalue weighted by Gasteiger charge is -2.11. The van der Waals surface area contributed by atoms with Crippen molar-refractivity contribution in [3.8, 4) is 28.4 Å². The molecule has 2 aromatic carbocycles. The van der Waals surface area contributed by atoms with Crippen LogP contribution in [0.1, 0.15) is 11.1 Å². The third-order valence-corrected chi connectivity index (χ3v) is 7.28. The number of nitrogens with one attached hydrogen (secondary N) is 1. The van der Waals surface area contributed by atoms with Gasteiger partial charge in [0, 0.05) is 22.5 Å². The van der Waals surface area contributed by atoms with Crippen LogP contribution in [0, 0.1) is 13.8 Å². The Morgan fingerprint density at radius 2 is 2.06 bits per heavy atom. The molecule has 0 fully saturated rings. The summed E-state index contributed by atoms with van der Waals surface area (Å²) in [5.74, 6) is 1.20. The minimum Gasteiger partial charge on any atom is -0.496 e. The van der Waals surface area contributed by atoms with Crippen LogP contribution in [-0.4, -0.2) is 38.5 Å². The average molecular weight is 526 g/mol. The first kappa shape index (κ1) is 25.0. The topological polar surface area (TPSA) is 81.9 Å². The Labute approximate surface area is 217 Å². The summed E-state index contributed by atoms with van der Waals surface area (Å²) in [5, 5.41) is 15.1. The van der Waals surface area contributed by atoms with Crippen molar-refractivity contribution in [1.82, 2.24) is 19.7 Å². The van der Waals surface area contributed by atoms with Gasteiger partial charge in [-0.2, -0.15) is 0 Å². The second kappa shape index (κ2) is 11.1.